The number of aromatic amines is 1. The third kappa shape index (κ3) is 2.71. The van der Waals surface area contributed by atoms with E-state index in [2.05, 4.69) is 36.0 Å². The van der Waals surface area contributed by atoms with Crippen LogP contribution >= 0.6 is 0 Å². The van der Waals surface area contributed by atoms with Crippen molar-refractivity contribution >= 4 is 5.91 Å². The highest BCUT2D eigenvalue weighted by Crippen LogP contribution is 2.24. The number of aryl methyl sites for hydroxylation is 1. The Morgan fingerprint density at radius 2 is 2.33 bits per heavy atom. The zero-order valence-electron chi connectivity index (χ0n) is 11.4. The van der Waals surface area contributed by atoms with E-state index in [-0.39, 0.29) is 5.91 Å². The zero-order chi connectivity index (χ0) is 13.1. The van der Waals surface area contributed by atoms with Crippen LogP contribution in [0.15, 0.2) is 0 Å². The van der Waals surface area contributed by atoms with Gasteiger partial charge >= 0.3 is 0 Å². The summed E-state index contributed by atoms with van der Waals surface area (Å²) in [5.74, 6) is 2.34. The first-order valence-electron chi connectivity index (χ1n) is 6.82. The van der Waals surface area contributed by atoms with Crippen molar-refractivity contribution in [2.24, 2.45) is 11.8 Å². The van der Waals surface area contributed by atoms with Gasteiger partial charge in [0.15, 0.2) is 0 Å². The second-order valence-electron chi connectivity index (χ2n) is 5.40. The first kappa shape index (κ1) is 13.1. The summed E-state index contributed by atoms with van der Waals surface area (Å²) in [5.41, 5.74) is 0. The van der Waals surface area contributed by atoms with Crippen molar-refractivity contribution in [3.8, 4) is 0 Å². The Bertz CT molecular complexity index is 413. The van der Waals surface area contributed by atoms with Crippen molar-refractivity contribution in [3.05, 3.63) is 11.6 Å². The van der Waals surface area contributed by atoms with Gasteiger partial charge in [0.1, 0.15) is 5.82 Å². The maximum atomic E-state index is 12.2. The minimum absolute atomic E-state index is 0.0308. The average molecular weight is 250 g/mol. The Hall–Kier alpha value is -1.39. The number of amides is 1. The van der Waals surface area contributed by atoms with E-state index in [9.17, 15) is 4.79 Å². The largest absolute Gasteiger partial charge is 0.336 e. The number of H-pyrrole nitrogens is 1. The number of hydrogen-bond acceptors (Lipinski definition) is 3. The van der Waals surface area contributed by atoms with Crippen LogP contribution in [-0.4, -0.2) is 39.1 Å². The van der Waals surface area contributed by atoms with Crippen LogP contribution in [0.25, 0.3) is 0 Å². The minimum atomic E-state index is -0.0308. The Balaban J connectivity index is 1.99. The molecule has 1 aromatic rings. The molecule has 0 aromatic carbocycles. The molecule has 1 amide bonds. The van der Waals surface area contributed by atoms with E-state index < -0.39 is 0 Å². The zero-order valence-corrected chi connectivity index (χ0v) is 11.4. The normalized spacial score (nSPS) is 19.8. The van der Waals surface area contributed by atoms with Crippen LogP contribution in [0.2, 0.25) is 0 Å². The Morgan fingerprint density at radius 3 is 2.94 bits per heavy atom. The van der Waals surface area contributed by atoms with Crippen molar-refractivity contribution in [2.45, 2.75) is 40.0 Å². The molecule has 0 radical (unpaired) electrons. The van der Waals surface area contributed by atoms with E-state index in [1.165, 1.54) is 0 Å². The third-order valence-corrected chi connectivity index (χ3v) is 3.66. The monoisotopic (exact) mass is 250 g/mol. The van der Waals surface area contributed by atoms with E-state index in [0.717, 1.165) is 38.2 Å². The van der Waals surface area contributed by atoms with Crippen LogP contribution in [-0.2, 0) is 6.42 Å². The van der Waals surface area contributed by atoms with Crippen molar-refractivity contribution in [1.29, 1.82) is 0 Å². The van der Waals surface area contributed by atoms with Gasteiger partial charge in [0.25, 0.3) is 5.91 Å². The molecule has 2 heterocycles. The second-order valence-corrected chi connectivity index (χ2v) is 5.40. The Morgan fingerprint density at radius 1 is 1.56 bits per heavy atom. The number of carbonyl (C=O) groups is 1. The molecule has 0 spiro atoms. The second kappa shape index (κ2) is 5.50. The molecular formula is C13H22N4O. The first-order chi connectivity index (χ1) is 8.61. The molecule has 1 fully saturated rings. The summed E-state index contributed by atoms with van der Waals surface area (Å²) in [5, 5.41) is 6.86. The predicted octanol–water partition coefficient (Wildman–Crippen LogP) is 1.88. The number of nitrogens with one attached hydrogen (secondary N) is 1. The summed E-state index contributed by atoms with van der Waals surface area (Å²) in [6, 6.07) is 0. The molecule has 100 valence electrons. The van der Waals surface area contributed by atoms with Gasteiger partial charge in [-0.05, 0) is 24.7 Å². The molecule has 1 aliphatic rings. The molecule has 2 rings (SSSR count). The molecule has 5 nitrogen and oxygen atoms in total. The molecule has 1 aromatic heterocycles. The summed E-state index contributed by atoms with van der Waals surface area (Å²) >= 11 is 0. The van der Waals surface area contributed by atoms with E-state index >= 15 is 0 Å². The Labute approximate surface area is 108 Å². The number of nitrogens with zero attached hydrogens (tertiary/aromatic N) is 3. The number of aromatic nitrogens is 3. The summed E-state index contributed by atoms with van der Waals surface area (Å²) in [7, 11) is 0. The average Bonchev–Trinajstić information content (AvgIpc) is 2.97. The number of hydrogen-bond donors (Lipinski definition) is 1. The summed E-state index contributed by atoms with van der Waals surface area (Å²) in [4.78, 5) is 18.3. The Kier molecular flexibility index (Phi) is 3.99. The van der Waals surface area contributed by atoms with Crippen LogP contribution in [0.1, 0.15) is 50.1 Å². The highest BCUT2D eigenvalue weighted by molar-refractivity contribution is 5.90. The van der Waals surface area contributed by atoms with Crippen LogP contribution < -0.4 is 0 Å². The van der Waals surface area contributed by atoms with Gasteiger partial charge in [-0.2, -0.15) is 0 Å². The van der Waals surface area contributed by atoms with Gasteiger partial charge < -0.3 is 4.90 Å². The van der Waals surface area contributed by atoms with Gasteiger partial charge in [0.05, 0.1) is 0 Å². The van der Waals surface area contributed by atoms with Crippen LogP contribution in [0.5, 0.6) is 0 Å². The molecule has 1 N–H and O–H groups in total. The van der Waals surface area contributed by atoms with Crippen LogP contribution in [0.4, 0.5) is 0 Å². The fraction of sp³-hybridized carbons (Fsp3) is 0.769. The van der Waals surface area contributed by atoms with E-state index in [1.54, 1.807) is 0 Å². The summed E-state index contributed by atoms with van der Waals surface area (Å²) in [6.45, 7) is 8.18. The summed E-state index contributed by atoms with van der Waals surface area (Å²) < 4.78 is 0. The standard InChI is InChI=1S/C13H22N4O/c1-4-5-11-14-12(16-15-11)13(18)17-7-6-10(8-17)9(2)3/h9-10H,4-8H2,1-3H3,(H,14,15,16). The van der Waals surface area contributed by atoms with Crippen molar-refractivity contribution in [1.82, 2.24) is 20.1 Å². The minimum Gasteiger partial charge on any atom is -0.336 e. The van der Waals surface area contributed by atoms with Crippen LogP contribution in [0, 0.1) is 11.8 Å². The van der Waals surface area contributed by atoms with E-state index in [1.807, 2.05) is 4.90 Å². The highest BCUT2D eigenvalue weighted by atomic mass is 16.2. The molecule has 5 heteroatoms. The molecule has 1 unspecified atom stereocenters. The fourth-order valence-electron chi connectivity index (χ4n) is 2.40. The van der Waals surface area contributed by atoms with E-state index in [0.29, 0.717) is 17.7 Å². The lowest BCUT2D eigenvalue weighted by Crippen LogP contribution is -2.30. The SMILES string of the molecule is CCCc1nc(C(=O)N2CCC(C(C)C)C2)n[nH]1. The van der Waals surface area contributed by atoms with Gasteiger partial charge in [0.2, 0.25) is 5.82 Å². The molecule has 0 aliphatic carbocycles. The molecule has 0 saturated carbocycles. The lowest BCUT2D eigenvalue weighted by atomic mass is 9.95. The highest BCUT2D eigenvalue weighted by Gasteiger charge is 2.30. The number of rotatable bonds is 4. The van der Waals surface area contributed by atoms with Crippen LogP contribution in [0.3, 0.4) is 0 Å². The molecule has 1 atom stereocenters. The predicted molar refractivity (Wildman–Crippen MR) is 69.2 cm³/mol. The smallest absolute Gasteiger partial charge is 0.293 e. The fourth-order valence-corrected chi connectivity index (χ4v) is 2.40. The third-order valence-electron chi connectivity index (χ3n) is 3.66. The molecule has 1 aliphatic heterocycles. The van der Waals surface area contributed by atoms with Gasteiger partial charge in [0, 0.05) is 19.5 Å². The molecule has 18 heavy (non-hydrogen) atoms. The number of carbonyl (C=O) groups excluding carboxylic acids is 1. The first-order valence-corrected chi connectivity index (χ1v) is 6.82. The van der Waals surface area contributed by atoms with Crippen molar-refractivity contribution in [2.75, 3.05) is 13.1 Å². The maximum Gasteiger partial charge on any atom is 0.293 e. The van der Waals surface area contributed by atoms with Crippen molar-refractivity contribution in [3.63, 3.8) is 0 Å². The molecule has 1 saturated heterocycles. The summed E-state index contributed by atoms with van der Waals surface area (Å²) in [6.07, 6.45) is 2.94. The number of likely N-dealkylation sites (tertiary alicyclic amines) is 1. The van der Waals surface area contributed by atoms with Gasteiger partial charge in [-0.3, -0.25) is 9.89 Å². The van der Waals surface area contributed by atoms with Gasteiger partial charge in [-0.15, -0.1) is 5.10 Å². The molecular weight excluding hydrogens is 228 g/mol. The maximum absolute atomic E-state index is 12.2. The lowest BCUT2D eigenvalue weighted by Gasteiger charge is -2.16. The van der Waals surface area contributed by atoms with Crippen molar-refractivity contribution < 1.29 is 4.79 Å². The lowest BCUT2D eigenvalue weighted by molar-refractivity contribution is 0.0772. The van der Waals surface area contributed by atoms with E-state index in [4.69, 9.17) is 0 Å². The topological polar surface area (TPSA) is 61.9 Å². The molecule has 0 bridgehead atoms. The van der Waals surface area contributed by atoms with Gasteiger partial charge in [-0.1, -0.05) is 20.8 Å². The quantitative estimate of drug-likeness (QED) is 0.887. The van der Waals surface area contributed by atoms with Gasteiger partial charge in [-0.25, -0.2) is 4.98 Å².